The largest absolute Gasteiger partial charge is 0.371 e. The summed E-state index contributed by atoms with van der Waals surface area (Å²) in [6.07, 6.45) is 1.84. The third-order valence-corrected chi connectivity index (χ3v) is 4.65. The first kappa shape index (κ1) is 15.6. The Bertz CT molecular complexity index is 619. The minimum atomic E-state index is 0.0656. The number of para-hydroxylation sites is 1. The Labute approximate surface area is 138 Å². The van der Waals surface area contributed by atoms with E-state index in [-0.39, 0.29) is 17.9 Å². The van der Waals surface area contributed by atoms with Gasteiger partial charge < -0.3 is 10.2 Å². The van der Waals surface area contributed by atoms with E-state index in [0.717, 1.165) is 31.5 Å². The van der Waals surface area contributed by atoms with Crippen LogP contribution in [0.4, 0.5) is 5.69 Å². The molecule has 1 amide bonds. The quantitative estimate of drug-likeness (QED) is 0.932. The van der Waals surface area contributed by atoms with Crippen LogP contribution >= 0.6 is 0 Å². The summed E-state index contributed by atoms with van der Waals surface area (Å²) >= 11 is 0. The molecule has 2 aromatic carbocycles. The van der Waals surface area contributed by atoms with Gasteiger partial charge in [-0.2, -0.15) is 0 Å². The fourth-order valence-corrected chi connectivity index (χ4v) is 3.19. The van der Waals surface area contributed by atoms with Gasteiger partial charge in [0.05, 0.1) is 6.04 Å². The van der Waals surface area contributed by atoms with Crippen molar-refractivity contribution in [1.29, 1.82) is 0 Å². The third-order valence-electron chi connectivity index (χ3n) is 4.65. The van der Waals surface area contributed by atoms with E-state index < -0.39 is 0 Å². The molecule has 3 nitrogen and oxygen atoms in total. The van der Waals surface area contributed by atoms with Crippen LogP contribution in [0.25, 0.3) is 0 Å². The highest BCUT2D eigenvalue weighted by atomic mass is 16.1. The predicted molar refractivity (Wildman–Crippen MR) is 94.4 cm³/mol. The number of carbonyl (C=O) groups excluding carboxylic acids is 1. The molecule has 3 rings (SSSR count). The molecular formula is C20H24N2O. The summed E-state index contributed by atoms with van der Waals surface area (Å²) in [6, 6.07) is 20.6. The van der Waals surface area contributed by atoms with Gasteiger partial charge in [0.25, 0.3) is 0 Å². The topological polar surface area (TPSA) is 32.3 Å². The van der Waals surface area contributed by atoms with Gasteiger partial charge in [-0.25, -0.2) is 0 Å². The number of piperidine rings is 1. The van der Waals surface area contributed by atoms with Gasteiger partial charge in [-0.15, -0.1) is 0 Å². The molecular weight excluding hydrogens is 284 g/mol. The lowest BCUT2D eigenvalue weighted by Crippen LogP contribution is -2.41. The van der Waals surface area contributed by atoms with Crippen molar-refractivity contribution in [3.8, 4) is 0 Å². The minimum Gasteiger partial charge on any atom is -0.371 e. The van der Waals surface area contributed by atoms with Gasteiger partial charge >= 0.3 is 0 Å². The van der Waals surface area contributed by atoms with Crippen molar-refractivity contribution in [2.75, 3.05) is 18.0 Å². The number of nitrogens with zero attached hydrogens (tertiary/aromatic N) is 1. The highest BCUT2D eigenvalue weighted by Crippen LogP contribution is 2.24. The van der Waals surface area contributed by atoms with Gasteiger partial charge in [0.1, 0.15) is 0 Å². The Hall–Kier alpha value is -2.29. The van der Waals surface area contributed by atoms with E-state index >= 15 is 0 Å². The van der Waals surface area contributed by atoms with Crippen LogP contribution in [-0.2, 0) is 4.79 Å². The summed E-state index contributed by atoms with van der Waals surface area (Å²) in [4.78, 5) is 14.9. The van der Waals surface area contributed by atoms with Crippen LogP contribution in [0.5, 0.6) is 0 Å². The van der Waals surface area contributed by atoms with E-state index in [1.165, 1.54) is 5.69 Å². The molecule has 1 heterocycles. The van der Waals surface area contributed by atoms with Gasteiger partial charge in [0, 0.05) is 24.7 Å². The molecule has 1 saturated heterocycles. The maximum atomic E-state index is 12.5. The molecule has 1 aliphatic heterocycles. The molecule has 3 heteroatoms. The number of benzene rings is 2. The van der Waals surface area contributed by atoms with E-state index in [1.807, 2.05) is 31.2 Å². The van der Waals surface area contributed by atoms with Crippen molar-refractivity contribution in [2.24, 2.45) is 5.92 Å². The van der Waals surface area contributed by atoms with Crippen molar-refractivity contribution in [2.45, 2.75) is 25.8 Å². The molecule has 23 heavy (non-hydrogen) atoms. The number of anilines is 1. The van der Waals surface area contributed by atoms with Gasteiger partial charge in [0.2, 0.25) is 5.91 Å². The molecule has 120 valence electrons. The van der Waals surface area contributed by atoms with Gasteiger partial charge in [-0.3, -0.25) is 4.79 Å². The number of hydrogen-bond donors (Lipinski definition) is 1. The number of amides is 1. The first-order chi connectivity index (χ1) is 11.2. The third kappa shape index (κ3) is 3.92. The lowest BCUT2D eigenvalue weighted by Gasteiger charge is -2.33. The molecule has 0 aliphatic carbocycles. The van der Waals surface area contributed by atoms with Crippen LogP contribution in [0.3, 0.4) is 0 Å². The monoisotopic (exact) mass is 308 g/mol. The van der Waals surface area contributed by atoms with E-state index in [2.05, 4.69) is 46.6 Å². The second-order valence-electron chi connectivity index (χ2n) is 6.24. The number of hydrogen-bond acceptors (Lipinski definition) is 2. The van der Waals surface area contributed by atoms with Gasteiger partial charge in [0.15, 0.2) is 0 Å². The maximum Gasteiger partial charge on any atom is 0.223 e. The molecule has 0 aromatic heterocycles. The predicted octanol–water partition coefficient (Wildman–Crippen LogP) is 3.78. The molecule has 0 spiro atoms. The smallest absolute Gasteiger partial charge is 0.223 e. The lowest BCUT2D eigenvalue weighted by atomic mass is 9.95. The van der Waals surface area contributed by atoms with Crippen LogP contribution in [0.1, 0.15) is 31.4 Å². The minimum absolute atomic E-state index is 0.0656. The zero-order chi connectivity index (χ0) is 16.1. The van der Waals surface area contributed by atoms with Crippen molar-refractivity contribution in [3.05, 3.63) is 66.2 Å². The summed E-state index contributed by atoms with van der Waals surface area (Å²) in [6.45, 7) is 3.94. The van der Waals surface area contributed by atoms with Crippen LogP contribution in [0.15, 0.2) is 60.7 Å². The van der Waals surface area contributed by atoms with E-state index in [9.17, 15) is 4.79 Å². The Morgan fingerprint density at radius 3 is 2.17 bits per heavy atom. The average Bonchev–Trinajstić information content (AvgIpc) is 2.63. The Balaban J connectivity index is 1.52. The first-order valence-electron chi connectivity index (χ1n) is 8.39. The van der Waals surface area contributed by atoms with Crippen molar-refractivity contribution >= 4 is 11.6 Å². The fraction of sp³-hybridized carbons (Fsp3) is 0.350. The molecule has 1 fully saturated rings. The number of carbonyl (C=O) groups is 1. The van der Waals surface area contributed by atoms with Crippen LogP contribution in [0.2, 0.25) is 0 Å². The molecule has 2 aromatic rings. The van der Waals surface area contributed by atoms with Crippen molar-refractivity contribution in [1.82, 2.24) is 5.32 Å². The number of nitrogens with one attached hydrogen (secondary N) is 1. The summed E-state index contributed by atoms with van der Waals surface area (Å²) < 4.78 is 0. The summed E-state index contributed by atoms with van der Waals surface area (Å²) in [5, 5.41) is 3.16. The molecule has 1 atom stereocenters. The zero-order valence-corrected chi connectivity index (χ0v) is 13.6. The maximum absolute atomic E-state index is 12.5. The van der Waals surface area contributed by atoms with Crippen LogP contribution < -0.4 is 10.2 Å². The number of rotatable bonds is 4. The molecule has 1 unspecified atom stereocenters. The molecule has 1 aliphatic rings. The van der Waals surface area contributed by atoms with Gasteiger partial charge in [-0.05, 0) is 37.5 Å². The molecule has 0 bridgehead atoms. The van der Waals surface area contributed by atoms with E-state index in [0.29, 0.717) is 0 Å². The van der Waals surface area contributed by atoms with Crippen molar-refractivity contribution in [3.63, 3.8) is 0 Å². The Morgan fingerprint density at radius 2 is 1.57 bits per heavy atom. The SMILES string of the molecule is CC(NC(=O)C1CCN(c2ccccc2)CC1)c1ccccc1. The summed E-state index contributed by atoms with van der Waals surface area (Å²) in [5.41, 5.74) is 2.41. The van der Waals surface area contributed by atoms with Crippen LogP contribution in [-0.4, -0.2) is 19.0 Å². The lowest BCUT2D eigenvalue weighted by molar-refractivity contribution is -0.126. The molecule has 1 N–H and O–H groups in total. The molecule has 0 saturated carbocycles. The highest BCUT2D eigenvalue weighted by molar-refractivity contribution is 5.79. The van der Waals surface area contributed by atoms with Crippen molar-refractivity contribution < 1.29 is 4.79 Å². The second kappa shape index (κ2) is 7.32. The van der Waals surface area contributed by atoms with Crippen LogP contribution in [0, 0.1) is 5.92 Å². The summed E-state index contributed by atoms with van der Waals surface area (Å²) in [5.74, 6) is 0.315. The Kier molecular flexibility index (Phi) is 4.96. The Morgan fingerprint density at radius 1 is 1.00 bits per heavy atom. The standard InChI is InChI=1S/C20H24N2O/c1-16(17-8-4-2-5-9-17)21-20(23)18-12-14-22(15-13-18)19-10-6-3-7-11-19/h2-11,16,18H,12-15H2,1H3,(H,21,23). The average molecular weight is 308 g/mol. The van der Waals surface area contributed by atoms with Gasteiger partial charge in [-0.1, -0.05) is 48.5 Å². The fourth-order valence-electron chi connectivity index (χ4n) is 3.19. The second-order valence-corrected chi connectivity index (χ2v) is 6.24. The summed E-state index contributed by atoms with van der Waals surface area (Å²) in [7, 11) is 0. The normalized spacial score (nSPS) is 16.8. The highest BCUT2D eigenvalue weighted by Gasteiger charge is 2.26. The molecule has 0 radical (unpaired) electrons. The first-order valence-corrected chi connectivity index (χ1v) is 8.39. The zero-order valence-electron chi connectivity index (χ0n) is 13.6. The van der Waals surface area contributed by atoms with E-state index in [4.69, 9.17) is 0 Å². The van der Waals surface area contributed by atoms with E-state index in [1.54, 1.807) is 0 Å².